The van der Waals surface area contributed by atoms with E-state index in [2.05, 4.69) is 21.8 Å². The van der Waals surface area contributed by atoms with Crippen LogP contribution in [0.4, 0.5) is 5.82 Å². The first-order chi connectivity index (χ1) is 7.15. The molecule has 1 fully saturated rings. The molecular weight excluding hydrogens is 214 g/mol. The molecule has 1 aromatic rings. The summed E-state index contributed by atoms with van der Waals surface area (Å²) in [5.41, 5.74) is 0.893. The second-order valence-corrected chi connectivity index (χ2v) is 4.10. The van der Waals surface area contributed by atoms with Crippen LogP contribution in [0, 0.1) is 6.92 Å². The molecule has 0 spiro atoms. The van der Waals surface area contributed by atoms with Gasteiger partial charge in [0.25, 0.3) is 0 Å². The highest BCUT2D eigenvalue weighted by atomic mass is 35.5. The number of aryl methyl sites for hydroxylation is 1. The van der Waals surface area contributed by atoms with Gasteiger partial charge in [0.05, 0.1) is 12.7 Å². The number of anilines is 1. The maximum atomic E-state index is 5.83. The van der Waals surface area contributed by atoms with Crippen molar-refractivity contribution >= 4 is 17.4 Å². The Labute approximate surface area is 94.2 Å². The minimum absolute atomic E-state index is 0.243. The molecule has 2 heterocycles. The Morgan fingerprint density at radius 1 is 1.53 bits per heavy atom. The SMILES string of the molecule is Cc1cc(N2CCOC(C)C2)nc(Cl)n1. The topological polar surface area (TPSA) is 38.2 Å². The van der Waals surface area contributed by atoms with Gasteiger partial charge in [0.2, 0.25) is 5.28 Å². The fourth-order valence-corrected chi connectivity index (χ4v) is 1.92. The summed E-state index contributed by atoms with van der Waals surface area (Å²) in [6, 6.07) is 1.95. The molecule has 15 heavy (non-hydrogen) atoms. The van der Waals surface area contributed by atoms with Crippen molar-refractivity contribution in [3.63, 3.8) is 0 Å². The van der Waals surface area contributed by atoms with Crippen molar-refractivity contribution in [2.24, 2.45) is 0 Å². The number of halogens is 1. The van der Waals surface area contributed by atoms with Crippen LogP contribution >= 0.6 is 11.6 Å². The number of hydrogen-bond donors (Lipinski definition) is 0. The highest BCUT2D eigenvalue weighted by Gasteiger charge is 2.18. The van der Waals surface area contributed by atoms with Gasteiger partial charge in [0.1, 0.15) is 5.82 Å². The van der Waals surface area contributed by atoms with E-state index in [1.54, 1.807) is 0 Å². The van der Waals surface area contributed by atoms with Crippen molar-refractivity contribution < 1.29 is 4.74 Å². The van der Waals surface area contributed by atoms with Crippen molar-refractivity contribution in [1.82, 2.24) is 9.97 Å². The van der Waals surface area contributed by atoms with Crippen LogP contribution in [0.1, 0.15) is 12.6 Å². The van der Waals surface area contributed by atoms with E-state index >= 15 is 0 Å². The van der Waals surface area contributed by atoms with Gasteiger partial charge in [-0.15, -0.1) is 0 Å². The summed E-state index contributed by atoms with van der Waals surface area (Å²) in [6.07, 6.45) is 0.243. The first kappa shape index (κ1) is 10.6. The molecule has 82 valence electrons. The Morgan fingerprint density at radius 2 is 2.33 bits per heavy atom. The molecule has 4 nitrogen and oxygen atoms in total. The maximum Gasteiger partial charge on any atom is 0.224 e. The van der Waals surface area contributed by atoms with Crippen LogP contribution in [0.2, 0.25) is 5.28 Å². The Morgan fingerprint density at radius 3 is 3.00 bits per heavy atom. The summed E-state index contributed by atoms with van der Waals surface area (Å²) >= 11 is 5.83. The first-order valence-electron chi connectivity index (χ1n) is 5.03. The number of rotatable bonds is 1. The van der Waals surface area contributed by atoms with E-state index in [-0.39, 0.29) is 6.10 Å². The lowest BCUT2D eigenvalue weighted by atomic mass is 10.3. The molecule has 0 amide bonds. The third kappa shape index (κ3) is 2.58. The summed E-state index contributed by atoms with van der Waals surface area (Å²) in [5.74, 6) is 0.891. The molecule has 0 N–H and O–H groups in total. The molecule has 5 heteroatoms. The minimum atomic E-state index is 0.243. The normalized spacial score (nSPS) is 21.8. The van der Waals surface area contributed by atoms with Gasteiger partial charge in [-0.25, -0.2) is 9.97 Å². The number of hydrogen-bond acceptors (Lipinski definition) is 4. The predicted molar refractivity (Wildman–Crippen MR) is 59.4 cm³/mol. The van der Waals surface area contributed by atoms with Crippen molar-refractivity contribution in [2.45, 2.75) is 20.0 Å². The number of nitrogens with zero attached hydrogens (tertiary/aromatic N) is 3. The Bertz CT molecular complexity index is 338. The molecule has 1 aliphatic rings. The lowest BCUT2D eigenvalue weighted by Crippen LogP contribution is -2.41. The molecule has 1 atom stereocenters. The standard InChI is InChI=1S/C10H14ClN3O/c1-7-5-9(13-10(11)12-7)14-3-4-15-8(2)6-14/h5,8H,3-4,6H2,1-2H3. The van der Waals surface area contributed by atoms with E-state index in [4.69, 9.17) is 16.3 Å². The molecule has 0 bridgehead atoms. The zero-order valence-electron chi connectivity index (χ0n) is 8.90. The summed E-state index contributed by atoms with van der Waals surface area (Å²) in [6.45, 7) is 6.43. The fraction of sp³-hybridized carbons (Fsp3) is 0.600. The number of morpholine rings is 1. The third-order valence-corrected chi connectivity index (χ3v) is 2.55. The van der Waals surface area contributed by atoms with Gasteiger partial charge in [0, 0.05) is 24.8 Å². The van der Waals surface area contributed by atoms with Crippen molar-refractivity contribution in [3.05, 3.63) is 17.0 Å². The van der Waals surface area contributed by atoms with E-state index in [0.29, 0.717) is 5.28 Å². The van der Waals surface area contributed by atoms with Crippen molar-refractivity contribution in [1.29, 1.82) is 0 Å². The van der Waals surface area contributed by atoms with E-state index in [1.807, 2.05) is 13.0 Å². The monoisotopic (exact) mass is 227 g/mol. The molecule has 0 aliphatic carbocycles. The number of ether oxygens (including phenoxy) is 1. The Balaban J connectivity index is 2.20. The quantitative estimate of drug-likeness (QED) is 0.684. The van der Waals surface area contributed by atoms with Crippen LogP contribution in [-0.4, -0.2) is 35.8 Å². The Hall–Kier alpha value is -0.870. The van der Waals surface area contributed by atoms with Crippen LogP contribution in [0.5, 0.6) is 0 Å². The molecule has 0 aromatic carbocycles. The Kier molecular flexibility index (Phi) is 3.07. The van der Waals surface area contributed by atoms with E-state index in [1.165, 1.54) is 0 Å². The van der Waals surface area contributed by atoms with Gasteiger partial charge < -0.3 is 9.64 Å². The van der Waals surface area contributed by atoms with Crippen LogP contribution in [0.15, 0.2) is 6.07 Å². The fourth-order valence-electron chi connectivity index (χ4n) is 1.70. The highest BCUT2D eigenvalue weighted by molar-refractivity contribution is 6.28. The molecule has 0 saturated carbocycles. The predicted octanol–water partition coefficient (Wildman–Crippen LogP) is 1.66. The van der Waals surface area contributed by atoms with Gasteiger partial charge in [-0.1, -0.05) is 0 Å². The van der Waals surface area contributed by atoms with Gasteiger partial charge in [-0.3, -0.25) is 0 Å². The van der Waals surface area contributed by atoms with E-state index in [9.17, 15) is 0 Å². The van der Waals surface area contributed by atoms with Crippen LogP contribution in [-0.2, 0) is 4.74 Å². The zero-order valence-corrected chi connectivity index (χ0v) is 9.66. The van der Waals surface area contributed by atoms with Gasteiger partial charge in [-0.05, 0) is 25.4 Å². The maximum absolute atomic E-state index is 5.83. The highest BCUT2D eigenvalue weighted by Crippen LogP contribution is 2.17. The lowest BCUT2D eigenvalue weighted by Gasteiger charge is -2.32. The zero-order chi connectivity index (χ0) is 10.8. The summed E-state index contributed by atoms with van der Waals surface area (Å²) in [5, 5.41) is 0.309. The van der Waals surface area contributed by atoms with E-state index < -0.39 is 0 Å². The average molecular weight is 228 g/mol. The van der Waals surface area contributed by atoms with Gasteiger partial charge >= 0.3 is 0 Å². The van der Waals surface area contributed by atoms with Gasteiger partial charge in [-0.2, -0.15) is 0 Å². The molecule has 1 unspecified atom stereocenters. The smallest absolute Gasteiger partial charge is 0.224 e. The molecule has 1 saturated heterocycles. The second-order valence-electron chi connectivity index (χ2n) is 3.76. The summed E-state index contributed by atoms with van der Waals surface area (Å²) < 4.78 is 5.47. The van der Waals surface area contributed by atoms with Crippen LogP contribution in [0.3, 0.4) is 0 Å². The largest absolute Gasteiger partial charge is 0.375 e. The number of aromatic nitrogens is 2. The van der Waals surface area contributed by atoms with Crippen molar-refractivity contribution in [3.8, 4) is 0 Å². The van der Waals surface area contributed by atoms with Crippen LogP contribution in [0.25, 0.3) is 0 Å². The van der Waals surface area contributed by atoms with Crippen LogP contribution < -0.4 is 4.90 Å². The second kappa shape index (κ2) is 4.33. The minimum Gasteiger partial charge on any atom is -0.375 e. The average Bonchev–Trinajstić information content (AvgIpc) is 2.16. The lowest BCUT2D eigenvalue weighted by molar-refractivity contribution is 0.0529. The first-order valence-corrected chi connectivity index (χ1v) is 5.40. The van der Waals surface area contributed by atoms with Crippen molar-refractivity contribution in [2.75, 3.05) is 24.6 Å². The third-order valence-electron chi connectivity index (χ3n) is 2.38. The van der Waals surface area contributed by atoms with E-state index in [0.717, 1.165) is 31.2 Å². The molecule has 1 aromatic heterocycles. The van der Waals surface area contributed by atoms with Gasteiger partial charge in [0.15, 0.2) is 0 Å². The molecule has 0 radical (unpaired) electrons. The summed E-state index contributed by atoms with van der Waals surface area (Å²) in [4.78, 5) is 10.4. The molecular formula is C10H14ClN3O. The molecule has 2 rings (SSSR count). The molecule has 1 aliphatic heterocycles. The summed E-state index contributed by atoms with van der Waals surface area (Å²) in [7, 11) is 0.